The largest absolute Gasteiger partial charge is 0.513 e. The predicted molar refractivity (Wildman–Crippen MR) is 92.2 cm³/mol. The molecule has 0 amide bonds. The van der Waals surface area contributed by atoms with E-state index in [1.807, 2.05) is 6.92 Å². The van der Waals surface area contributed by atoms with Crippen LogP contribution in [-0.4, -0.2) is 16.9 Å². The summed E-state index contributed by atoms with van der Waals surface area (Å²) in [7, 11) is 0. The van der Waals surface area contributed by atoms with Gasteiger partial charge in [0.2, 0.25) is 5.78 Å². The van der Waals surface area contributed by atoms with E-state index in [0.717, 1.165) is 30.4 Å². The van der Waals surface area contributed by atoms with Gasteiger partial charge in [-0.3, -0.25) is 9.59 Å². The van der Waals surface area contributed by atoms with Gasteiger partial charge >= 0.3 is 5.97 Å². The zero-order valence-corrected chi connectivity index (χ0v) is 15.3. The van der Waals surface area contributed by atoms with E-state index in [-0.39, 0.29) is 29.8 Å². The van der Waals surface area contributed by atoms with Gasteiger partial charge in [-0.15, -0.1) is 0 Å². The summed E-state index contributed by atoms with van der Waals surface area (Å²) in [5.41, 5.74) is 1.12. The molecule has 1 fully saturated rings. The van der Waals surface area contributed by atoms with E-state index in [2.05, 4.69) is 13.8 Å². The second kappa shape index (κ2) is 6.36. The number of Topliss-reactive ketones (excluding diaryl/α,β-unsaturated/α-hetero) is 1. The number of hydrogen-bond donors (Lipinski definition) is 1. The number of allylic oxidation sites excluding steroid dienone is 1. The molecule has 136 valence electrons. The maximum atomic E-state index is 13.0. The molecule has 2 aliphatic rings. The number of carbonyl (C=O) groups is 2. The summed E-state index contributed by atoms with van der Waals surface area (Å²) < 4.78 is 11.4. The fourth-order valence-corrected chi connectivity index (χ4v) is 4.48. The summed E-state index contributed by atoms with van der Waals surface area (Å²) in [5.74, 6) is 0.132. The van der Waals surface area contributed by atoms with Gasteiger partial charge in [-0.05, 0) is 44.2 Å². The highest BCUT2D eigenvalue weighted by molar-refractivity contribution is 5.99. The third-order valence-corrected chi connectivity index (χ3v) is 6.15. The minimum absolute atomic E-state index is 0.00808. The fourth-order valence-electron chi connectivity index (χ4n) is 4.48. The number of furan rings is 1. The quantitative estimate of drug-likeness (QED) is 0.636. The van der Waals surface area contributed by atoms with Crippen LogP contribution in [0.2, 0.25) is 0 Å². The Morgan fingerprint density at radius 3 is 2.88 bits per heavy atom. The minimum Gasteiger partial charge on any atom is -0.513 e. The summed E-state index contributed by atoms with van der Waals surface area (Å²) in [6.07, 6.45) is 5.32. The first kappa shape index (κ1) is 17.8. The molecule has 2 aliphatic carbocycles. The van der Waals surface area contributed by atoms with Crippen molar-refractivity contribution in [2.24, 2.45) is 17.3 Å². The molecule has 1 saturated carbocycles. The van der Waals surface area contributed by atoms with Crippen LogP contribution < -0.4 is 0 Å². The molecule has 1 aromatic rings. The zero-order chi connectivity index (χ0) is 18.4. The predicted octanol–water partition coefficient (Wildman–Crippen LogP) is 4.66. The van der Waals surface area contributed by atoms with Gasteiger partial charge in [-0.1, -0.05) is 20.3 Å². The lowest BCUT2D eigenvalue weighted by Gasteiger charge is -2.51. The highest BCUT2D eigenvalue weighted by atomic mass is 16.5. The Labute approximate surface area is 148 Å². The van der Waals surface area contributed by atoms with E-state index in [1.165, 1.54) is 13.0 Å². The number of esters is 1. The maximum absolute atomic E-state index is 13.0. The van der Waals surface area contributed by atoms with E-state index >= 15 is 0 Å². The summed E-state index contributed by atoms with van der Waals surface area (Å²) in [6, 6.07) is 0. The number of rotatable bonds is 3. The monoisotopic (exact) mass is 346 g/mol. The molecular weight excluding hydrogens is 320 g/mol. The summed E-state index contributed by atoms with van der Waals surface area (Å²) in [5, 5.41) is 9.28. The van der Waals surface area contributed by atoms with Crippen LogP contribution in [0.15, 0.2) is 22.5 Å². The summed E-state index contributed by atoms with van der Waals surface area (Å²) in [4.78, 5) is 25.4. The molecule has 0 radical (unpaired) electrons. The number of ether oxygens (including phenoxy) is 1. The molecule has 0 bridgehead atoms. The number of aliphatic hydroxyl groups is 1. The standard InChI is InChI=1S/C20H26O5/c1-11-10-24-18-16(11)19(25-15(22)9-8-13(3)21)20(4)12(2)6-5-7-14(20)17(18)23/h8,10,12,14,19,21H,5-7,9H2,1-4H3. The molecule has 0 spiro atoms. The average molecular weight is 346 g/mol. The first-order valence-corrected chi connectivity index (χ1v) is 8.94. The Hall–Kier alpha value is -2.04. The third kappa shape index (κ3) is 2.79. The normalized spacial score (nSPS) is 32.1. The minimum atomic E-state index is -0.501. The lowest BCUT2D eigenvalue weighted by atomic mass is 9.54. The fraction of sp³-hybridized carbons (Fsp3) is 0.600. The Kier molecular flexibility index (Phi) is 4.52. The smallest absolute Gasteiger partial charge is 0.310 e. The highest BCUT2D eigenvalue weighted by Crippen LogP contribution is 2.59. The molecule has 1 heterocycles. The SMILES string of the molecule is CC(O)=CCC(=O)OC1c2c(C)coc2C(=O)C2CCCC(C)C21C. The molecule has 3 rings (SSSR count). The molecule has 5 nitrogen and oxygen atoms in total. The number of aliphatic hydroxyl groups excluding tert-OH is 1. The Bertz CT molecular complexity index is 724. The van der Waals surface area contributed by atoms with Gasteiger partial charge in [-0.25, -0.2) is 0 Å². The number of carbonyl (C=O) groups excluding carboxylic acids is 2. The van der Waals surface area contributed by atoms with Crippen molar-refractivity contribution < 1.29 is 23.8 Å². The maximum Gasteiger partial charge on any atom is 0.310 e. The van der Waals surface area contributed by atoms with Crippen LogP contribution in [0, 0.1) is 24.2 Å². The number of fused-ring (bicyclic) bond motifs is 2. The summed E-state index contributed by atoms with van der Waals surface area (Å²) >= 11 is 0. The third-order valence-electron chi connectivity index (χ3n) is 6.15. The van der Waals surface area contributed by atoms with Crippen molar-refractivity contribution in [3.63, 3.8) is 0 Å². The van der Waals surface area contributed by atoms with E-state index in [1.54, 1.807) is 6.26 Å². The molecule has 0 aromatic carbocycles. The molecule has 1 N–H and O–H groups in total. The first-order chi connectivity index (χ1) is 11.8. The van der Waals surface area contributed by atoms with Gasteiger partial charge in [0.05, 0.1) is 18.4 Å². The van der Waals surface area contributed by atoms with Crippen molar-refractivity contribution in [3.8, 4) is 0 Å². The topological polar surface area (TPSA) is 76.7 Å². The second-order valence-corrected chi connectivity index (χ2v) is 7.70. The van der Waals surface area contributed by atoms with Crippen LogP contribution in [-0.2, 0) is 9.53 Å². The van der Waals surface area contributed by atoms with Crippen LogP contribution in [0.4, 0.5) is 0 Å². The van der Waals surface area contributed by atoms with Gasteiger partial charge in [0.1, 0.15) is 6.10 Å². The van der Waals surface area contributed by atoms with Crippen molar-refractivity contribution in [1.29, 1.82) is 0 Å². The molecule has 5 heteroatoms. The van der Waals surface area contributed by atoms with Crippen LogP contribution in [0.25, 0.3) is 0 Å². The highest BCUT2D eigenvalue weighted by Gasteiger charge is 2.58. The van der Waals surface area contributed by atoms with Crippen molar-refractivity contribution in [1.82, 2.24) is 0 Å². The first-order valence-electron chi connectivity index (χ1n) is 8.94. The Morgan fingerprint density at radius 2 is 2.20 bits per heavy atom. The van der Waals surface area contributed by atoms with E-state index in [9.17, 15) is 14.7 Å². The lowest BCUT2D eigenvalue weighted by Crippen LogP contribution is -2.50. The molecule has 25 heavy (non-hydrogen) atoms. The molecule has 0 aliphatic heterocycles. The molecular formula is C20H26O5. The van der Waals surface area contributed by atoms with Crippen molar-refractivity contribution in [3.05, 3.63) is 35.0 Å². The van der Waals surface area contributed by atoms with Crippen molar-refractivity contribution in [2.75, 3.05) is 0 Å². The van der Waals surface area contributed by atoms with Crippen LogP contribution in [0.1, 0.15) is 74.2 Å². The van der Waals surface area contributed by atoms with E-state index < -0.39 is 17.5 Å². The molecule has 4 unspecified atom stereocenters. The van der Waals surface area contributed by atoms with Gasteiger partial charge < -0.3 is 14.3 Å². The van der Waals surface area contributed by atoms with Crippen LogP contribution in [0.5, 0.6) is 0 Å². The van der Waals surface area contributed by atoms with Gasteiger partial charge in [0.15, 0.2) is 5.76 Å². The van der Waals surface area contributed by atoms with E-state index in [4.69, 9.17) is 9.15 Å². The second-order valence-electron chi connectivity index (χ2n) is 7.70. The van der Waals surface area contributed by atoms with Gasteiger partial charge in [-0.2, -0.15) is 0 Å². The number of aryl methyl sites for hydroxylation is 1. The number of hydrogen-bond acceptors (Lipinski definition) is 5. The Morgan fingerprint density at radius 1 is 1.48 bits per heavy atom. The van der Waals surface area contributed by atoms with Crippen LogP contribution in [0.3, 0.4) is 0 Å². The number of ketones is 1. The van der Waals surface area contributed by atoms with E-state index in [0.29, 0.717) is 5.76 Å². The van der Waals surface area contributed by atoms with Crippen molar-refractivity contribution in [2.45, 2.75) is 59.5 Å². The Balaban J connectivity index is 2.03. The lowest BCUT2D eigenvalue weighted by molar-refractivity contribution is -0.165. The molecule has 4 atom stereocenters. The van der Waals surface area contributed by atoms with Crippen molar-refractivity contribution >= 4 is 11.8 Å². The van der Waals surface area contributed by atoms with Gasteiger partial charge in [0, 0.05) is 16.9 Å². The zero-order valence-electron chi connectivity index (χ0n) is 15.3. The molecule has 0 saturated heterocycles. The average Bonchev–Trinajstić information content (AvgIpc) is 2.93. The van der Waals surface area contributed by atoms with Crippen LogP contribution >= 0.6 is 0 Å². The van der Waals surface area contributed by atoms with Gasteiger partial charge in [0.25, 0.3) is 0 Å². The molecule has 1 aromatic heterocycles. The summed E-state index contributed by atoms with van der Waals surface area (Å²) in [6.45, 7) is 7.61.